The molecule has 0 amide bonds. The van der Waals surface area contributed by atoms with Gasteiger partial charge in [-0.1, -0.05) is 24.3 Å². The Labute approximate surface area is 159 Å². The summed E-state index contributed by atoms with van der Waals surface area (Å²) in [5.74, 6) is 4.01. The Morgan fingerprint density at radius 2 is 1.73 bits per heavy atom. The van der Waals surface area contributed by atoms with Crippen LogP contribution < -0.4 is 0 Å². The Balaban J connectivity index is 1.36. The second kappa shape index (κ2) is 6.63. The minimum absolute atomic E-state index is 0.0685. The van der Waals surface area contributed by atoms with Crippen LogP contribution >= 0.6 is 0 Å². The van der Waals surface area contributed by atoms with E-state index in [2.05, 4.69) is 36.1 Å². The van der Waals surface area contributed by atoms with Gasteiger partial charge < -0.3 is 5.11 Å². The van der Waals surface area contributed by atoms with E-state index in [1.807, 2.05) is 0 Å². The normalized spacial score (nSPS) is 42.3. The van der Waals surface area contributed by atoms with Gasteiger partial charge in [0.2, 0.25) is 0 Å². The highest BCUT2D eigenvalue weighted by molar-refractivity contribution is 5.27. The first-order valence-electron chi connectivity index (χ1n) is 11.1. The Morgan fingerprint density at radius 3 is 2.38 bits per heavy atom. The molecule has 0 radical (unpaired) electrons. The van der Waals surface area contributed by atoms with E-state index in [9.17, 15) is 5.11 Å². The zero-order valence-electron chi connectivity index (χ0n) is 16.4. The van der Waals surface area contributed by atoms with E-state index in [-0.39, 0.29) is 5.41 Å². The Hall–Kier alpha value is -0.860. The number of hydrogen-bond donors (Lipinski definition) is 1. The molecule has 2 nitrogen and oxygen atoms in total. The van der Waals surface area contributed by atoms with Crippen LogP contribution in [0.1, 0.15) is 56.1 Å². The number of rotatable bonds is 4. The van der Waals surface area contributed by atoms with Gasteiger partial charge in [-0.25, -0.2) is 0 Å². The maximum Gasteiger partial charge on any atom is 0.0502 e. The Bertz CT molecular complexity index is 627. The van der Waals surface area contributed by atoms with Crippen molar-refractivity contribution in [3.05, 3.63) is 35.4 Å². The summed E-state index contributed by atoms with van der Waals surface area (Å²) in [5.41, 5.74) is 2.89. The summed E-state index contributed by atoms with van der Waals surface area (Å²) in [4.78, 5) is 2.85. The van der Waals surface area contributed by atoms with Crippen LogP contribution in [0, 0.1) is 36.0 Å². The number of aliphatic hydroxyl groups excluding tert-OH is 1. The van der Waals surface area contributed by atoms with Crippen LogP contribution in [-0.2, 0) is 6.42 Å². The number of hydrogen-bond acceptors (Lipinski definition) is 2. The average molecular weight is 354 g/mol. The number of benzene rings is 1. The first-order valence-corrected chi connectivity index (χ1v) is 11.1. The zero-order chi connectivity index (χ0) is 17.7. The monoisotopic (exact) mass is 353 g/mol. The molecule has 0 aromatic heterocycles. The number of nitrogens with zero attached hydrogens (tertiary/aromatic N) is 1. The highest BCUT2D eigenvalue weighted by Crippen LogP contribution is 2.56. The molecule has 1 heterocycles. The third kappa shape index (κ3) is 2.94. The molecule has 5 aliphatic rings. The van der Waals surface area contributed by atoms with E-state index in [1.165, 1.54) is 62.6 Å². The summed E-state index contributed by atoms with van der Waals surface area (Å²) in [6.07, 6.45) is 11.0. The Kier molecular flexibility index (Phi) is 4.40. The molecule has 1 aliphatic heterocycles. The summed E-state index contributed by atoms with van der Waals surface area (Å²) in [6.45, 7) is 4.94. The second-order valence-corrected chi connectivity index (χ2v) is 10.3. The van der Waals surface area contributed by atoms with Gasteiger partial charge in [0.15, 0.2) is 0 Å². The van der Waals surface area contributed by atoms with Crippen molar-refractivity contribution < 1.29 is 5.11 Å². The van der Waals surface area contributed by atoms with Crippen molar-refractivity contribution >= 4 is 0 Å². The van der Waals surface area contributed by atoms with E-state index in [0.717, 1.165) is 42.7 Å². The molecule has 4 bridgehead atoms. The molecule has 26 heavy (non-hydrogen) atoms. The molecule has 6 rings (SSSR count). The molecule has 142 valence electrons. The largest absolute Gasteiger partial charge is 0.396 e. The summed E-state index contributed by atoms with van der Waals surface area (Å²) in [7, 11) is 0. The van der Waals surface area contributed by atoms with Crippen molar-refractivity contribution in [3.8, 4) is 0 Å². The highest BCUT2D eigenvalue weighted by Gasteiger charge is 2.51. The molecule has 4 aliphatic carbocycles. The van der Waals surface area contributed by atoms with E-state index >= 15 is 0 Å². The Morgan fingerprint density at radius 1 is 1.04 bits per heavy atom. The van der Waals surface area contributed by atoms with Gasteiger partial charge in [-0.2, -0.15) is 0 Å². The van der Waals surface area contributed by atoms with Crippen LogP contribution in [0.3, 0.4) is 0 Å². The van der Waals surface area contributed by atoms with Crippen LogP contribution in [0.15, 0.2) is 24.3 Å². The van der Waals surface area contributed by atoms with E-state index in [4.69, 9.17) is 0 Å². The van der Waals surface area contributed by atoms with Gasteiger partial charge in [-0.3, -0.25) is 4.90 Å². The van der Waals surface area contributed by atoms with Gasteiger partial charge in [0.05, 0.1) is 6.61 Å². The van der Waals surface area contributed by atoms with Crippen molar-refractivity contribution in [3.63, 3.8) is 0 Å². The van der Waals surface area contributed by atoms with Crippen LogP contribution in [0.2, 0.25) is 0 Å². The lowest BCUT2D eigenvalue weighted by atomic mass is 9.53. The van der Waals surface area contributed by atoms with Crippen molar-refractivity contribution in [1.82, 2.24) is 4.90 Å². The average Bonchev–Trinajstić information content (AvgIpc) is 2.63. The third-order valence-corrected chi connectivity index (χ3v) is 8.45. The van der Waals surface area contributed by atoms with Gasteiger partial charge in [-0.15, -0.1) is 0 Å². The minimum Gasteiger partial charge on any atom is -0.396 e. The summed E-state index contributed by atoms with van der Waals surface area (Å²) < 4.78 is 0. The lowest BCUT2D eigenvalue weighted by molar-refractivity contribution is -0.0933. The molecular formula is C24H35NO. The highest BCUT2D eigenvalue weighted by atomic mass is 16.3. The number of likely N-dealkylation sites (tertiary alicyclic amines) is 1. The van der Waals surface area contributed by atoms with Crippen molar-refractivity contribution in [1.29, 1.82) is 0 Å². The van der Waals surface area contributed by atoms with Gasteiger partial charge in [0.1, 0.15) is 0 Å². The number of piperidine rings is 1. The van der Waals surface area contributed by atoms with Crippen LogP contribution in [0.4, 0.5) is 0 Å². The van der Waals surface area contributed by atoms with E-state index in [1.54, 1.807) is 0 Å². The summed E-state index contributed by atoms with van der Waals surface area (Å²) in [5, 5.41) is 10.4. The minimum atomic E-state index is 0.0685. The lowest BCUT2D eigenvalue weighted by Crippen LogP contribution is -2.60. The molecule has 1 aromatic rings. The fourth-order valence-corrected chi connectivity index (χ4v) is 7.53. The quantitative estimate of drug-likeness (QED) is 0.865. The lowest BCUT2D eigenvalue weighted by Gasteiger charge is -2.59. The van der Waals surface area contributed by atoms with E-state index in [0.29, 0.717) is 6.61 Å². The van der Waals surface area contributed by atoms with Gasteiger partial charge in [-0.05, 0) is 99.6 Å². The number of aliphatic hydroxyl groups is 1. The predicted molar refractivity (Wildman–Crippen MR) is 106 cm³/mol. The second-order valence-electron chi connectivity index (χ2n) is 10.3. The van der Waals surface area contributed by atoms with Gasteiger partial charge >= 0.3 is 0 Å². The molecule has 0 spiro atoms. The first kappa shape index (κ1) is 17.3. The van der Waals surface area contributed by atoms with E-state index < -0.39 is 0 Å². The maximum absolute atomic E-state index is 10.4. The van der Waals surface area contributed by atoms with Crippen molar-refractivity contribution in [2.75, 3.05) is 19.7 Å². The third-order valence-electron chi connectivity index (χ3n) is 8.45. The first-order chi connectivity index (χ1) is 12.7. The predicted octanol–water partition coefficient (Wildman–Crippen LogP) is 4.44. The molecular weight excluding hydrogens is 318 g/mol. The summed E-state index contributed by atoms with van der Waals surface area (Å²) >= 11 is 0. The smallest absolute Gasteiger partial charge is 0.0502 e. The molecule has 1 N–H and O–H groups in total. The molecule has 0 unspecified atom stereocenters. The van der Waals surface area contributed by atoms with Gasteiger partial charge in [0, 0.05) is 18.0 Å². The topological polar surface area (TPSA) is 23.5 Å². The van der Waals surface area contributed by atoms with Crippen molar-refractivity contribution in [2.45, 2.75) is 64.3 Å². The van der Waals surface area contributed by atoms with Crippen LogP contribution in [0.25, 0.3) is 0 Å². The summed E-state index contributed by atoms with van der Waals surface area (Å²) in [6, 6.07) is 9.61. The number of aryl methyl sites for hydroxylation is 1. The van der Waals surface area contributed by atoms with Crippen LogP contribution in [0.5, 0.6) is 0 Å². The molecule has 4 saturated carbocycles. The van der Waals surface area contributed by atoms with Crippen LogP contribution in [-0.4, -0.2) is 35.7 Å². The van der Waals surface area contributed by atoms with Crippen molar-refractivity contribution in [2.24, 2.45) is 29.1 Å². The fourth-order valence-electron chi connectivity index (χ4n) is 7.53. The SMILES string of the molecule is Cc1ccccc1C[C@]1(CO)CCCN(C2C3CC4CC(C3)CC2C4)C1. The standard InChI is InChI=1S/C24H35NO/c1-17-5-2-3-6-20(17)14-24(16-26)7-4-8-25(15-24)23-21-10-18-9-19(12-21)13-22(23)11-18/h2-3,5-6,18-19,21-23,26H,4,7-16H2,1H3/t18?,19?,21?,22?,23?,24-/m1/s1. The zero-order valence-corrected chi connectivity index (χ0v) is 16.4. The maximum atomic E-state index is 10.4. The molecule has 1 saturated heterocycles. The van der Waals surface area contributed by atoms with Gasteiger partial charge in [0.25, 0.3) is 0 Å². The molecule has 5 fully saturated rings. The fraction of sp³-hybridized carbons (Fsp3) is 0.750. The molecule has 2 heteroatoms. The molecule has 1 aromatic carbocycles. The molecule has 1 atom stereocenters.